The van der Waals surface area contributed by atoms with Gasteiger partial charge in [0, 0.05) is 31.7 Å². The average molecular weight is 458 g/mol. The predicted octanol–water partition coefficient (Wildman–Crippen LogP) is 1.21. The molecule has 0 spiro atoms. The summed E-state index contributed by atoms with van der Waals surface area (Å²) >= 11 is 6.54. The number of rotatable bonds is 5. The molecular formula is C22H28ClN7O2. The molecule has 9 nitrogen and oxygen atoms in total. The van der Waals surface area contributed by atoms with E-state index in [9.17, 15) is 9.59 Å². The minimum atomic E-state index is -0.698. The molecule has 1 saturated carbocycles. The third-order valence-corrected chi connectivity index (χ3v) is 7.29. The zero-order valence-electron chi connectivity index (χ0n) is 18.1. The maximum absolute atomic E-state index is 13.4. The van der Waals surface area contributed by atoms with Gasteiger partial charge < -0.3 is 21.3 Å². The van der Waals surface area contributed by atoms with E-state index in [1.165, 1.54) is 18.4 Å². The number of hydrogen-bond acceptors (Lipinski definition) is 6. The normalized spacial score (nSPS) is 23.5. The molecule has 3 atom stereocenters. The Labute approximate surface area is 191 Å². The summed E-state index contributed by atoms with van der Waals surface area (Å²) in [6.45, 7) is 2.89. The number of carbonyl (C=O) groups excluding carboxylic acids is 2. The first kappa shape index (κ1) is 21.4. The lowest BCUT2D eigenvalue weighted by Crippen LogP contribution is -2.67. The van der Waals surface area contributed by atoms with E-state index >= 15 is 0 Å². The van der Waals surface area contributed by atoms with Gasteiger partial charge in [0.1, 0.15) is 0 Å². The van der Waals surface area contributed by atoms with Gasteiger partial charge >= 0.3 is 0 Å². The van der Waals surface area contributed by atoms with E-state index in [1.807, 2.05) is 24.0 Å². The van der Waals surface area contributed by atoms with E-state index < -0.39 is 6.04 Å². The summed E-state index contributed by atoms with van der Waals surface area (Å²) in [5, 5.41) is 9.04. The second-order valence-electron chi connectivity index (χ2n) is 9.10. The monoisotopic (exact) mass is 457 g/mol. The lowest BCUT2D eigenvalue weighted by atomic mass is 9.89. The zero-order valence-corrected chi connectivity index (χ0v) is 18.8. The van der Waals surface area contributed by atoms with Gasteiger partial charge in [-0.2, -0.15) is 0 Å². The second kappa shape index (κ2) is 8.13. The molecule has 4 aliphatic rings. The van der Waals surface area contributed by atoms with Crippen molar-refractivity contribution in [2.45, 2.75) is 56.7 Å². The highest BCUT2D eigenvalue weighted by molar-refractivity contribution is 6.32. The average Bonchev–Trinajstić information content (AvgIpc) is 3.60. The van der Waals surface area contributed by atoms with E-state index in [0.29, 0.717) is 41.1 Å². The largest absolute Gasteiger partial charge is 0.334 e. The molecule has 3 saturated heterocycles. The molecular weight excluding hydrogens is 430 g/mol. The van der Waals surface area contributed by atoms with Gasteiger partial charge in [-0.1, -0.05) is 22.9 Å². The summed E-state index contributed by atoms with van der Waals surface area (Å²) < 4.78 is 1.63. The number of carbonyl (C=O) groups is 2. The number of hydrogen-bond donors (Lipinski definition) is 2. The van der Waals surface area contributed by atoms with E-state index in [-0.39, 0.29) is 30.4 Å². The van der Waals surface area contributed by atoms with Crippen LogP contribution in [0.15, 0.2) is 18.2 Å². The number of aromatic nitrogens is 3. The van der Waals surface area contributed by atoms with E-state index in [0.717, 1.165) is 12.8 Å². The highest BCUT2D eigenvalue weighted by Crippen LogP contribution is 2.41. The third kappa shape index (κ3) is 3.58. The van der Waals surface area contributed by atoms with Gasteiger partial charge in [-0.3, -0.25) is 9.59 Å². The molecule has 3 aliphatic heterocycles. The van der Waals surface area contributed by atoms with Gasteiger partial charge in [0.05, 0.1) is 22.4 Å². The molecule has 2 amide bonds. The Hall–Kier alpha value is -2.49. The molecule has 4 heterocycles. The van der Waals surface area contributed by atoms with Gasteiger partial charge in [0.2, 0.25) is 5.91 Å². The number of nitrogens with two attached hydrogens (primary N) is 2. The van der Waals surface area contributed by atoms with Crippen LogP contribution in [0.1, 0.15) is 53.3 Å². The van der Waals surface area contributed by atoms with Crippen LogP contribution >= 0.6 is 11.6 Å². The molecule has 2 unspecified atom stereocenters. The Kier molecular flexibility index (Phi) is 5.43. The summed E-state index contributed by atoms with van der Waals surface area (Å²) in [7, 11) is 0. The molecule has 0 radical (unpaired) electrons. The van der Waals surface area contributed by atoms with Crippen LogP contribution in [-0.2, 0) is 4.79 Å². The molecule has 1 aromatic carbocycles. The molecule has 10 heteroatoms. The van der Waals surface area contributed by atoms with Crippen LogP contribution in [0, 0.1) is 6.92 Å². The quantitative estimate of drug-likeness (QED) is 0.695. The van der Waals surface area contributed by atoms with Gasteiger partial charge in [0.15, 0.2) is 5.69 Å². The SMILES string of the molecule is Cc1c(C(=O)N2CC3CCC2CN3C(=O)[C@@H](N)CN)nnn1-c1ccc(C2CC2)cc1Cl. The van der Waals surface area contributed by atoms with Crippen molar-refractivity contribution in [1.29, 1.82) is 0 Å². The Bertz CT molecular complexity index is 1070. The number of amides is 2. The second-order valence-corrected chi connectivity index (χ2v) is 9.50. The molecule has 4 N–H and O–H groups in total. The van der Waals surface area contributed by atoms with Crippen LogP contribution < -0.4 is 11.5 Å². The third-order valence-electron chi connectivity index (χ3n) is 6.99. The fraction of sp³-hybridized carbons (Fsp3) is 0.545. The molecule has 2 bridgehead atoms. The van der Waals surface area contributed by atoms with E-state index in [4.69, 9.17) is 23.1 Å². The number of benzene rings is 1. The van der Waals surface area contributed by atoms with Gasteiger partial charge in [-0.25, -0.2) is 4.68 Å². The van der Waals surface area contributed by atoms with Crippen molar-refractivity contribution < 1.29 is 9.59 Å². The van der Waals surface area contributed by atoms with E-state index in [1.54, 1.807) is 9.58 Å². The smallest absolute Gasteiger partial charge is 0.276 e. The van der Waals surface area contributed by atoms with Crippen LogP contribution in [0.4, 0.5) is 0 Å². The maximum atomic E-state index is 13.4. The van der Waals surface area contributed by atoms with Crippen molar-refractivity contribution in [2.24, 2.45) is 11.5 Å². The number of nitrogens with zero attached hydrogens (tertiary/aromatic N) is 5. The number of halogens is 1. The molecule has 2 aromatic rings. The lowest BCUT2D eigenvalue weighted by molar-refractivity contribution is -0.141. The summed E-state index contributed by atoms with van der Waals surface area (Å²) in [4.78, 5) is 29.6. The Morgan fingerprint density at radius 2 is 1.84 bits per heavy atom. The molecule has 1 aromatic heterocycles. The molecule has 1 aliphatic carbocycles. The molecule has 4 fully saturated rings. The van der Waals surface area contributed by atoms with Crippen molar-refractivity contribution in [2.75, 3.05) is 19.6 Å². The van der Waals surface area contributed by atoms with Crippen molar-refractivity contribution in [3.05, 3.63) is 40.2 Å². The number of piperazine rings is 1. The van der Waals surface area contributed by atoms with Crippen molar-refractivity contribution in [3.63, 3.8) is 0 Å². The summed E-state index contributed by atoms with van der Waals surface area (Å²) in [5.74, 6) is 0.306. The summed E-state index contributed by atoms with van der Waals surface area (Å²) in [6, 6.07) is 5.19. The minimum absolute atomic E-state index is 0.0474. The Morgan fingerprint density at radius 1 is 1.16 bits per heavy atom. The predicted molar refractivity (Wildman–Crippen MR) is 120 cm³/mol. The fourth-order valence-electron chi connectivity index (χ4n) is 4.92. The number of fused-ring (bicyclic) bond motifs is 3. The first-order valence-electron chi connectivity index (χ1n) is 11.2. The van der Waals surface area contributed by atoms with Crippen molar-refractivity contribution in [1.82, 2.24) is 24.8 Å². The summed E-state index contributed by atoms with van der Waals surface area (Å²) in [6.07, 6.45) is 4.11. The standard InChI is InChI=1S/C22H28ClN7O2/c1-12-20(26-27-30(12)19-7-4-14(8-17(19)23)13-2-3-13)22(32)29-11-15-5-6-16(29)10-28(15)21(31)18(25)9-24/h4,7-8,13,15-16,18H,2-3,5-6,9-11,24-25H2,1H3/t15?,16?,18-/m0/s1. The summed E-state index contributed by atoms with van der Waals surface area (Å²) in [5.41, 5.74) is 14.3. The first-order valence-corrected chi connectivity index (χ1v) is 11.6. The van der Waals surface area contributed by atoms with Crippen LogP contribution in [0.5, 0.6) is 0 Å². The number of piperidine rings is 2. The zero-order chi connectivity index (χ0) is 22.6. The highest BCUT2D eigenvalue weighted by atomic mass is 35.5. The topological polar surface area (TPSA) is 123 Å². The molecule has 6 rings (SSSR count). The van der Waals surface area contributed by atoms with Crippen LogP contribution in [-0.4, -0.2) is 74.4 Å². The minimum Gasteiger partial charge on any atom is -0.334 e. The fourth-order valence-corrected chi connectivity index (χ4v) is 5.19. The van der Waals surface area contributed by atoms with Gasteiger partial charge in [-0.15, -0.1) is 5.10 Å². The van der Waals surface area contributed by atoms with Crippen LogP contribution in [0.3, 0.4) is 0 Å². The van der Waals surface area contributed by atoms with E-state index in [2.05, 4.69) is 16.4 Å². The molecule has 32 heavy (non-hydrogen) atoms. The van der Waals surface area contributed by atoms with Crippen LogP contribution in [0.25, 0.3) is 5.69 Å². The highest BCUT2D eigenvalue weighted by Gasteiger charge is 2.44. The van der Waals surface area contributed by atoms with Crippen LogP contribution in [0.2, 0.25) is 5.02 Å². The first-order chi connectivity index (χ1) is 15.4. The van der Waals surface area contributed by atoms with Crippen molar-refractivity contribution in [3.8, 4) is 5.69 Å². The maximum Gasteiger partial charge on any atom is 0.276 e. The lowest BCUT2D eigenvalue weighted by Gasteiger charge is -2.51. The van der Waals surface area contributed by atoms with Crippen molar-refractivity contribution >= 4 is 23.4 Å². The van der Waals surface area contributed by atoms with Gasteiger partial charge in [0.25, 0.3) is 5.91 Å². The Balaban J connectivity index is 1.35. The Morgan fingerprint density at radius 3 is 2.44 bits per heavy atom. The van der Waals surface area contributed by atoms with Gasteiger partial charge in [-0.05, 0) is 56.2 Å². The molecule has 170 valence electrons.